The summed E-state index contributed by atoms with van der Waals surface area (Å²) in [7, 11) is 0. The lowest BCUT2D eigenvalue weighted by atomic mass is 10.1. The molecule has 4 nitrogen and oxygen atoms in total. The summed E-state index contributed by atoms with van der Waals surface area (Å²) in [6.45, 7) is 3.75. The molecular formula is C15H12ClN3O. The van der Waals surface area contributed by atoms with E-state index in [-0.39, 0.29) is 0 Å². The Bertz CT molecular complexity index is 745. The van der Waals surface area contributed by atoms with Crippen molar-refractivity contribution >= 4 is 29.9 Å². The third kappa shape index (κ3) is 2.81. The maximum atomic E-state index is 5.85. The zero-order chi connectivity index (χ0) is 13.9. The van der Waals surface area contributed by atoms with E-state index in [1.165, 1.54) is 0 Å². The van der Waals surface area contributed by atoms with Gasteiger partial charge in [0, 0.05) is 16.4 Å². The lowest BCUT2D eigenvalue weighted by molar-refractivity contribution is 0.248. The summed E-state index contributed by atoms with van der Waals surface area (Å²) in [5.41, 5.74) is 3.89. The second-order valence-electron chi connectivity index (χ2n) is 4.40. The Morgan fingerprint density at radius 1 is 1.15 bits per heavy atom. The molecule has 2 heterocycles. The molecule has 0 atom stereocenters. The Labute approximate surface area is 121 Å². The summed E-state index contributed by atoms with van der Waals surface area (Å²) in [6.07, 6.45) is 2.32. The van der Waals surface area contributed by atoms with Crippen molar-refractivity contribution in [1.29, 1.82) is 0 Å². The molecule has 1 aliphatic heterocycles. The molecule has 1 aromatic heterocycles. The van der Waals surface area contributed by atoms with Crippen LogP contribution < -0.4 is 16.0 Å². The fourth-order valence-corrected chi connectivity index (χ4v) is 1.94. The zero-order valence-corrected chi connectivity index (χ0v) is 11.4. The first-order chi connectivity index (χ1) is 9.70. The summed E-state index contributed by atoms with van der Waals surface area (Å²) in [5.74, 6) is 1.27. The van der Waals surface area contributed by atoms with Gasteiger partial charge >= 0.3 is 0 Å². The fourth-order valence-electron chi connectivity index (χ4n) is 1.82. The van der Waals surface area contributed by atoms with E-state index in [4.69, 9.17) is 16.4 Å². The van der Waals surface area contributed by atoms with Crippen LogP contribution in [0.25, 0.3) is 12.4 Å². The number of benzene rings is 1. The molecule has 5 heteroatoms. The van der Waals surface area contributed by atoms with Crippen molar-refractivity contribution in [2.75, 3.05) is 0 Å². The molecule has 100 valence electrons. The molecule has 1 N–H and O–H groups in total. The van der Waals surface area contributed by atoms with Crippen molar-refractivity contribution in [2.24, 2.45) is 4.99 Å². The molecular weight excluding hydrogens is 274 g/mol. The number of pyridine rings is 1. The number of nitrogens with one attached hydrogen (secondary N) is 1. The fraction of sp³-hybridized carbons (Fsp3) is 0.0667. The molecule has 0 spiro atoms. The number of hydroxylamine groups is 1. The first-order valence-corrected chi connectivity index (χ1v) is 6.49. The van der Waals surface area contributed by atoms with E-state index in [0.717, 1.165) is 16.1 Å². The summed E-state index contributed by atoms with van der Waals surface area (Å²) < 4.78 is 0. The number of nitrogens with zero attached hydrogens (tertiary/aromatic N) is 2. The first-order valence-electron chi connectivity index (χ1n) is 6.11. The van der Waals surface area contributed by atoms with Crippen LogP contribution in [-0.2, 0) is 11.3 Å². The van der Waals surface area contributed by atoms with Crippen LogP contribution in [0.5, 0.6) is 0 Å². The second-order valence-corrected chi connectivity index (χ2v) is 4.84. The molecule has 0 aliphatic carbocycles. The van der Waals surface area contributed by atoms with Crippen molar-refractivity contribution in [3.63, 3.8) is 0 Å². The molecule has 2 aromatic rings. The minimum absolute atomic E-state index is 0.606. The summed E-state index contributed by atoms with van der Waals surface area (Å²) in [4.78, 5) is 13.9. The average molecular weight is 286 g/mol. The molecule has 0 unspecified atom stereocenters. The van der Waals surface area contributed by atoms with Crippen molar-refractivity contribution in [1.82, 2.24) is 10.5 Å². The van der Waals surface area contributed by atoms with E-state index in [1.807, 2.05) is 36.4 Å². The van der Waals surface area contributed by atoms with Crippen LogP contribution in [0, 0.1) is 0 Å². The molecule has 1 aliphatic rings. The summed E-state index contributed by atoms with van der Waals surface area (Å²) in [6, 6.07) is 11.3. The highest BCUT2D eigenvalue weighted by Crippen LogP contribution is 2.12. The van der Waals surface area contributed by atoms with E-state index in [0.29, 0.717) is 23.2 Å². The lowest BCUT2D eigenvalue weighted by Gasteiger charge is -2.00. The SMILES string of the molecule is C=c1ccc(=C2N=C(Cc3ccc(Cl)cc3)ON2)cn1. The molecule has 20 heavy (non-hydrogen) atoms. The van der Waals surface area contributed by atoms with Crippen molar-refractivity contribution < 1.29 is 4.84 Å². The Morgan fingerprint density at radius 2 is 1.95 bits per heavy atom. The minimum atomic E-state index is 0.606. The molecule has 0 fully saturated rings. The van der Waals surface area contributed by atoms with Gasteiger partial charge in [0.15, 0.2) is 5.82 Å². The van der Waals surface area contributed by atoms with Crippen LogP contribution in [-0.4, -0.2) is 10.9 Å². The standard InChI is InChI=1S/C15H12ClN3O/c1-10-2-5-12(9-17-10)15-18-14(20-19-15)8-11-3-6-13(16)7-4-11/h2-7,9,19H,1,8H2. The van der Waals surface area contributed by atoms with E-state index in [1.54, 1.807) is 6.20 Å². The Kier molecular flexibility index (Phi) is 3.39. The first kappa shape index (κ1) is 12.7. The van der Waals surface area contributed by atoms with Crippen molar-refractivity contribution in [3.05, 3.63) is 63.7 Å². The van der Waals surface area contributed by atoms with Crippen LogP contribution in [0.2, 0.25) is 5.02 Å². The molecule has 0 amide bonds. The van der Waals surface area contributed by atoms with Crippen LogP contribution in [0.1, 0.15) is 5.56 Å². The molecule has 0 saturated carbocycles. The van der Waals surface area contributed by atoms with Gasteiger partial charge in [-0.2, -0.15) is 4.99 Å². The normalized spacial score (nSPS) is 16.4. The summed E-state index contributed by atoms with van der Waals surface area (Å²) in [5, 5.41) is 2.30. The second kappa shape index (κ2) is 5.35. The maximum Gasteiger partial charge on any atom is 0.228 e. The minimum Gasteiger partial charge on any atom is -0.364 e. The predicted octanol–water partition coefficient (Wildman–Crippen LogP) is 1.39. The van der Waals surface area contributed by atoms with E-state index < -0.39 is 0 Å². The van der Waals surface area contributed by atoms with Gasteiger partial charge in [-0.25, -0.2) is 5.48 Å². The zero-order valence-electron chi connectivity index (χ0n) is 10.6. The third-order valence-corrected chi connectivity index (χ3v) is 3.12. The number of aromatic nitrogens is 1. The molecule has 1 aromatic carbocycles. The highest BCUT2D eigenvalue weighted by Gasteiger charge is 2.13. The maximum absolute atomic E-state index is 5.85. The molecule has 0 saturated heterocycles. The predicted molar refractivity (Wildman–Crippen MR) is 79.2 cm³/mol. The smallest absolute Gasteiger partial charge is 0.228 e. The average Bonchev–Trinajstić information content (AvgIpc) is 2.91. The number of rotatable bonds is 2. The van der Waals surface area contributed by atoms with Gasteiger partial charge in [-0.15, -0.1) is 0 Å². The van der Waals surface area contributed by atoms with Gasteiger partial charge in [0.1, 0.15) is 0 Å². The third-order valence-electron chi connectivity index (χ3n) is 2.87. The van der Waals surface area contributed by atoms with Gasteiger partial charge in [0.25, 0.3) is 0 Å². The Hall–Kier alpha value is -2.33. The van der Waals surface area contributed by atoms with Crippen LogP contribution in [0.3, 0.4) is 0 Å². The Balaban J connectivity index is 1.85. The van der Waals surface area contributed by atoms with E-state index >= 15 is 0 Å². The van der Waals surface area contributed by atoms with Gasteiger partial charge < -0.3 is 4.84 Å². The monoisotopic (exact) mass is 285 g/mol. The molecule has 0 bridgehead atoms. The highest BCUT2D eigenvalue weighted by atomic mass is 35.5. The largest absolute Gasteiger partial charge is 0.364 e. The Morgan fingerprint density at radius 3 is 2.65 bits per heavy atom. The lowest BCUT2D eigenvalue weighted by Crippen LogP contribution is -2.18. The van der Waals surface area contributed by atoms with Gasteiger partial charge in [-0.3, -0.25) is 4.98 Å². The van der Waals surface area contributed by atoms with Gasteiger partial charge in [0.2, 0.25) is 5.90 Å². The van der Waals surface area contributed by atoms with Gasteiger partial charge in [0.05, 0.1) is 11.8 Å². The van der Waals surface area contributed by atoms with Gasteiger partial charge in [-0.1, -0.05) is 30.3 Å². The molecule has 3 rings (SSSR count). The van der Waals surface area contributed by atoms with Crippen LogP contribution in [0.4, 0.5) is 0 Å². The van der Waals surface area contributed by atoms with Crippen LogP contribution >= 0.6 is 11.6 Å². The van der Waals surface area contributed by atoms with E-state index in [2.05, 4.69) is 22.0 Å². The van der Waals surface area contributed by atoms with Crippen molar-refractivity contribution in [3.8, 4) is 0 Å². The quantitative estimate of drug-likeness (QED) is 0.907. The highest BCUT2D eigenvalue weighted by molar-refractivity contribution is 6.30. The number of halogens is 1. The van der Waals surface area contributed by atoms with Crippen LogP contribution in [0.15, 0.2) is 47.6 Å². The van der Waals surface area contributed by atoms with Crippen molar-refractivity contribution in [2.45, 2.75) is 6.42 Å². The topological polar surface area (TPSA) is 46.5 Å². The molecule has 0 radical (unpaired) electrons. The number of hydrogen-bond acceptors (Lipinski definition) is 4. The number of hydrogen-bond donors (Lipinski definition) is 1. The van der Waals surface area contributed by atoms with E-state index in [9.17, 15) is 0 Å². The number of aliphatic imine (C=N–C) groups is 1. The summed E-state index contributed by atoms with van der Waals surface area (Å²) >= 11 is 5.85. The van der Waals surface area contributed by atoms with Gasteiger partial charge in [-0.05, 0) is 29.8 Å².